The highest BCUT2D eigenvalue weighted by molar-refractivity contribution is 5.79. The van der Waals surface area contributed by atoms with Gasteiger partial charge in [-0.15, -0.1) is 0 Å². The second kappa shape index (κ2) is 6.01. The van der Waals surface area contributed by atoms with E-state index in [1.54, 1.807) is 0 Å². The Morgan fingerprint density at radius 3 is 2.67 bits per heavy atom. The van der Waals surface area contributed by atoms with Crippen molar-refractivity contribution in [1.82, 2.24) is 4.90 Å². The summed E-state index contributed by atoms with van der Waals surface area (Å²) in [5.74, 6) is 1.32. The molecular formula is C15H21NO2. The Balaban J connectivity index is 1.94. The Bertz CT molecular complexity index is 405. The molecule has 0 unspecified atom stereocenters. The first-order valence-corrected chi connectivity index (χ1v) is 6.63. The van der Waals surface area contributed by atoms with E-state index in [-0.39, 0.29) is 6.10 Å². The third-order valence-corrected chi connectivity index (χ3v) is 3.09. The van der Waals surface area contributed by atoms with Crippen LogP contribution in [0.1, 0.15) is 32.3 Å². The van der Waals surface area contributed by atoms with Crippen molar-refractivity contribution in [3.05, 3.63) is 29.8 Å². The van der Waals surface area contributed by atoms with Crippen LogP contribution in [0.2, 0.25) is 0 Å². The molecule has 98 valence electrons. The van der Waals surface area contributed by atoms with Crippen LogP contribution >= 0.6 is 0 Å². The maximum Gasteiger partial charge on any atom is 0.135 e. The molecule has 1 saturated heterocycles. The van der Waals surface area contributed by atoms with Gasteiger partial charge >= 0.3 is 0 Å². The summed E-state index contributed by atoms with van der Waals surface area (Å²) in [7, 11) is 0. The van der Waals surface area contributed by atoms with Crippen molar-refractivity contribution in [1.29, 1.82) is 0 Å². The number of likely N-dealkylation sites (tertiary alicyclic amines) is 1. The van der Waals surface area contributed by atoms with E-state index < -0.39 is 0 Å². The molecule has 2 rings (SSSR count). The molecule has 0 atom stereocenters. The summed E-state index contributed by atoms with van der Waals surface area (Å²) in [4.78, 5) is 13.5. The first-order valence-electron chi connectivity index (χ1n) is 6.63. The van der Waals surface area contributed by atoms with Crippen LogP contribution in [-0.4, -0.2) is 29.9 Å². The van der Waals surface area contributed by atoms with Gasteiger partial charge in [-0.25, -0.2) is 0 Å². The Kier molecular flexibility index (Phi) is 4.37. The summed E-state index contributed by atoms with van der Waals surface area (Å²) in [5, 5.41) is 0. The van der Waals surface area contributed by atoms with Crippen LogP contribution in [0.4, 0.5) is 0 Å². The van der Waals surface area contributed by atoms with E-state index in [0.29, 0.717) is 18.6 Å². The minimum Gasteiger partial charge on any atom is -0.491 e. The van der Waals surface area contributed by atoms with Crippen LogP contribution in [-0.2, 0) is 11.3 Å². The number of benzene rings is 1. The lowest BCUT2D eigenvalue weighted by Crippen LogP contribution is -2.33. The van der Waals surface area contributed by atoms with Gasteiger partial charge in [0.25, 0.3) is 0 Å². The average molecular weight is 247 g/mol. The van der Waals surface area contributed by atoms with Crippen molar-refractivity contribution in [2.24, 2.45) is 0 Å². The molecule has 0 bridgehead atoms. The Morgan fingerprint density at radius 1 is 1.28 bits per heavy atom. The summed E-state index contributed by atoms with van der Waals surface area (Å²) in [6, 6.07) is 8.23. The Hall–Kier alpha value is -1.35. The van der Waals surface area contributed by atoms with E-state index in [0.717, 1.165) is 25.4 Å². The van der Waals surface area contributed by atoms with E-state index in [2.05, 4.69) is 17.0 Å². The van der Waals surface area contributed by atoms with Crippen molar-refractivity contribution in [3.8, 4) is 5.75 Å². The van der Waals surface area contributed by atoms with E-state index >= 15 is 0 Å². The molecule has 0 aliphatic carbocycles. The molecule has 1 aromatic rings. The van der Waals surface area contributed by atoms with Crippen LogP contribution in [0.15, 0.2) is 24.3 Å². The zero-order valence-electron chi connectivity index (χ0n) is 11.2. The zero-order valence-corrected chi connectivity index (χ0v) is 11.2. The third kappa shape index (κ3) is 3.84. The highest BCUT2D eigenvalue weighted by Crippen LogP contribution is 2.17. The summed E-state index contributed by atoms with van der Waals surface area (Å²) in [5.41, 5.74) is 1.25. The third-order valence-electron chi connectivity index (χ3n) is 3.09. The number of carbonyl (C=O) groups excluding carboxylic acids is 1. The molecule has 1 fully saturated rings. The second-order valence-electron chi connectivity index (χ2n) is 5.13. The quantitative estimate of drug-likeness (QED) is 0.819. The molecule has 0 saturated carbocycles. The predicted octanol–water partition coefficient (Wildman–Crippen LogP) is 2.64. The number of ketones is 1. The van der Waals surface area contributed by atoms with E-state index in [4.69, 9.17) is 4.74 Å². The SMILES string of the molecule is CC(C)Oc1cccc(CN2CCC(=O)CC2)c1. The fraction of sp³-hybridized carbons (Fsp3) is 0.533. The fourth-order valence-corrected chi connectivity index (χ4v) is 2.21. The molecule has 3 heteroatoms. The first-order chi connectivity index (χ1) is 8.63. The van der Waals surface area contributed by atoms with Crippen molar-refractivity contribution in [2.45, 2.75) is 39.3 Å². The molecule has 0 spiro atoms. The second-order valence-corrected chi connectivity index (χ2v) is 5.13. The number of nitrogens with zero attached hydrogens (tertiary/aromatic N) is 1. The van der Waals surface area contributed by atoms with Gasteiger partial charge in [-0.3, -0.25) is 9.69 Å². The van der Waals surface area contributed by atoms with Crippen molar-refractivity contribution >= 4 is 5.78 Å². The largest absolute Gasteiger partial charge is 0.491 e. The lowest BCUT2D eigenvalue weighted by molar-refractivity contribution is -0.121. The highest BCUT2D eigenvalue weighted by Gasteiger charge is 2.16. The number of hydrogen-bond acceptors (Lipinski definition) is 3. The monoisotopic (exact) mass is 247 g/mol. The van der Waals surface area contributed by atoms with Crippen molar-refractivity contribution < 1.29 is 9.53 Å². The van der Waals surface area contributed by atoms with Gasteiger partial charge < -0.3 is 4.74 Å². The number of piperidine rings is 1. The van der Waals surface area contributed by atoms with Crippen LogP contribution in [0, 0.1) is 0 Å². The first kappa shape index (κ1) is 13.1. The smallest absolute Gasteiger partial charge is 0.135 e. The zero-order chi connectivity index (χ0) is 13.0. The molecule has 18 heavy (non-hydrogen) atoms. The standard InChI is InChI=1S/C15H21NO2/c1-12(2)18-15-5-3-4-13(10-15)11-16-8-6-14(17)7-9-16/h3-5,10,12H,6-9,11H2,1-2H3. The summed E-state index contributed by atoms with van der Waals surface area (Å²) < 4.78 is 5.69. The Morgan fingerprint density at radius 2 is 2.00 bits per heavy atom. The number of carbonyl (C=O) groups is 1. The summed E-state index contributed by atoms with van der Waals surface area (Å²) in [6.45, 7) is 6.73. The van der Waals surface area contributed by atoms with Gasteiger partial charge in [-0.05, 0) is 31.5 Å². The minimum absolute atomic E-state index is 0.202. The van der Waals surface area contributed by atoms with Gasteiger partial charge in [0.05, 0.1) is 6.10 Å². The Labute approximate surface area is 109 Å². The molecule has 1 aromatic carbocycles. The summed E-state index contributed by atoms with van der Waals surface area (Å²) in [6.07, 6.45) is 1.59. The van der Waals surface area contributed by atoms with Gasteiger partial charge in [-0.2, -0.15) is 0 Å². The predicted molar refractivity (Wildman–Crippen MR) is 71.7 cm³/mol. The van der Waals surface area contributed by atoms with Crippen molar-refractivity contribution in [2.75, 3.05) is 13.1 Å². The number of Topliss-reactive ketones (excluding diaryl/α,β-unsaturated/α-hetero) is 1. The number of hydrogen-bond donors (Lipinski definition) is 0. The number of rotatable bonds is 4. The van der Waals surface area contributed by atoms with Crippen LogP contribution in [0.25, 0.3) is 0 Å². The maximum absolute atomic E-state index is 11.2. The van der Waals surface area contributed by atoms with Crippen LogP contribution in [0.3, 0.4) is 0 Å². The normalized spacial score (nSPS) is 17.2. The van der Waals surface area contributed by atoms with Gasteiger partial charge in [0.2, 0.25) is 0 Å². The van der Waals surface area contributed by atoms with Gasteiger partial charge in [0.1, 0.15) is 11.5 Å². The van der Waals surface area contributed by atoms with Crippen LogP contribution in [0.5, 0.6) is 5.75 Å². The molecule has 0 N–H and O–H groups in total. The van der Waals surface area contributed by atoms with Crippen molar-refractivity contribution in [3.63, 3.8) is 0 Å². The molecule has 1 heterocycles. The maximum atomic E-state index is 11.2. The molecular weight excluding hydrogens is 226 g/mol. The van der Waals surface area contributed by atoms with E-state index in [9.17, 15) is 4.79 Å². The summed E-state index contributed by atoms with van der Waals surface area (Å²) >= 11 is 0. The molecule has 0 aromatic heterocycles. The molecule has 1 aliphatic rings. The molecule has 3 nitrogen and oxygen atoms in total. The van der Waals surface area contributed by atoms with Gasteiger partial charge in [-0.1, -0.05) is 12.1 Å². The topological polar surface area (TPSA) is 29.5 Å². The minimum atomic E-state index is 0.202. The average Bonchev–Trinajstić information content (AvgIpc) is 2.32. The van der Waals surface area contributed by atoms with Gasteiger partial charge in [0, 0.05) is 32.5 Å². The van der Waals surface area contributed by atoms with Crippen LogP contribution < -0.4 is 4.74 Å². The molecule has 0 amide bonds. The molecule has 1 aliphatic heterocycles. The van der Waals surface area contributed by atoms with Gasteiger partial charge in [0.15, 0.2) is 0 Å². The fourth-order valence-electron chi connectivity index (χ4n) is 2.21. The van der Waals surface area contributed by atoms with E-state index in [1.165, 1.54) is 5.56 Å². The molecule has 0 radical (unpaired) electrons. The number of ether oxygens (including phenoxy) is 1. The van der Waals surface area contributed by atoms with E-state index in [1.807, 2.05) is 26.0 Å². The lowest BCUT2D eigenvalue weighted by Gasteiger charge is -2.25. The highest BCUT2D eigenvalue weighted by atomic mass is 16.5. The lowest BCUT2D eigenvalue weighted by atomic mass is 10.1.